The van der Waals surface area contributed by atoms with Crippen LogP contribution in [0.2, 0.25) is 0 Å². The van der Waals surface area contributed by atoms with Crippen molar-refractivity contribution in [1.82, 2.24) is 0 Å². The van der Waals surface area contributed by atoms with E-state index in [4.69, 9.17) is 14.2 Å². The number of hydrogen-bond acceptors (Lipinski definition) is 6. The molecule has 0 aromatic carbocycles. The van der Waals surface area contributed by atoms with Crippen molar-refractivity contribution >= 4 is 17.9 Å². The van der Waals surface area contributed by atoms with Crippen LogP contribution in [0, 0.1) is 0 Å². The lowest BCUT2D eigenvalue weighted by Gasteiger charge is -2.18. The van der Waals surface area contributed by atoms with Crippen LogP contribution >= 0.6 is 0 Å². The topological polar surface area (TPSA) is 78.9 Å². The van der Waals surface area contributed by atoms with Crippen LogP contribution in [-0.4, -0.2) is 37.2 Å². The summed E-state index contributed by atoms with van der Waals surface area (Å²) in [6, 6.07) is 0. The lowest BCUT2D eigenvalue weighted by molar-refractivity contribution is -0.166. The minimum Gasteiger partial charge on any atom is -0.462 e. The van der Waals surface area contributed by atoms with Gasteiger partial charge < -0.3 is 14.2 Å². The molecule has 0 N–H and O–H groups in total. The lowest BCUT2D eigenvalue weighted by atomic mass is 10.0. The van der Waals surface area contributed by atoms with E-state index in [0.29, 0.717) is 19.3 Å². The molecule has 0 heterocycles. The number of allylic oxidation sites excluding steroid dienone is 19. The number of esters is 3. The maximum atomic E-state index is 12.8. The summed E-state index contributed by atoms with van der Waals surface area (Å²) >= 11 is 0. The summed E-state index contributed by atoms with van der Waals surface area (Å²) in [5.74, 6) is -1.16. The summed E-state index contributed by atoms with van der Waals surface area (Å²) in [6.07, 6.45) is 81.1. The first-order valence-corrected chi connectivity index (χ1v) is 29.0. The third-order valence-electron chi connectivity index (χ3n) is 12.0. The summed E-state index contributed by atoms with van der Waals surface area (Å²) in [4.78, 5) is 38.0. The van der Waals surface area contributed by atoms with Crippen molar-refractivity contribution in [3.63, 3.8) is 0 Å². The van der Waals surface area contributed by atoms with E-state index in [0.717, 1.165) is 70.6 Å². The quantitative estimate of drug-likeness (QED) is 0.0261. The van der Waals surface area contributed by atoms with Crippen molar-refractivity contribution < 1.29 is 28.6 Å². The molecular weight excluding hydrogens is 877 g/mol. The number of unbranched alkanes of at least 4 members (excludes halogenated alkanes) is 21. The summed E-state index contributed by atoms with van der Waals surface area (Å²) < 4.78 is 16.7. The third-order valence-corrected chi connectivity index (χ3v) is 12.0. The van der Waals surface area contributed by atoms with Crippen LogP contribution in [-0.2, 0) is 28.6 Å². The van der Waals surface area contributed by atoms with E-state index in [1.807, 2.05) is 18.2 Å². The van der Waals surface area contributed by atoms with Gasteiger partial charge in [-0.3, -0.25) is 14.4 Å². The van der Waals surface area contributed by atoms with Crippen LogP contribution in [0.4, 0.5) is 0 Å². The molecule has 0 saturated heterocycles. The van der Waals surface area contributed by atoms with Crippen molar-refractivity contribution in [2.45, 2.75) is 258 Å². The number of carbonyl (C=O) groups is 3. The first kappa shape index (κ1) is 66.8. The van der Waals surface area contributed by atoms with Crippen LogP contribution < -0.4 is 0 Å². The molecule has 0 rings (SSSR count). The minimum absolute atomic E-state index is 0.0789. The van der Waals surface area contributed by atoms with Crippen LogP contribution in [0.25, 0.3) is 0 Å². The highest BCUT2D eigenvalue weighted by atomic mass is 16.6. The van der Waals surface area contributed by atoms with E-state index in [2.05, 4.69) is 118 Å². The molecule has 6 heteroatoms. The largest absolute Gasteiger partial charge is 0.462 e. The van der Waals surface area contributed by atoms with Crippen LogP contribution in [0.5, 0.6) is 0 Å². The number of hydrogen-bond donors (Lipinski definition) is 0. The molecular formula is C65H106O6. The molecule has 0 aliphatic rings. The molecule has 0 saturated carbocycles. The SMILES string of the molecule is CC/C=C\C/C=C\C/C=C\C/C=C\C/C=C\CC(=O)OC(COC(=O)CC/C=C\C/C=C\C/C=C\C/C=C\CC)COC(=O)CCCCCCCCCCCCCCC/C=C\CCCCCCCCCC. The summed E-state index contributed by atoms with van der Waals surface area (Å²) in [5.41, 5.74) is 0. The van der Waals surface area contributed by atoms with Crippen LogP contribution in [0.1, 0.15) is 252 Å². The lowest BCUT2D eigenvalue weighted by Crippen LogP contribution is -2.30. The predicted octanol–water partition coefficient (Wildman–Crippen LogP) is 19.6. The van der Waals surface area contributed by atoms with Gasteiger partial charge in [-0.25, -0.2) is 0 Å². The molecule has 0 aliphatic carbocycles. The zero-order valence-corrected chi connectivity index (χ0v) is 45.9. The summed E-state index contributed by atoms with van der Waals surface area (Å²) in [7, 11) is 0. The Balaban J connectivity index is 4.41. The van der Waals surface area contributed by atoms with Gasteiger partial charge in [-0.1, -0.05) is 258 Å². The van der Waals surface area contributed by atoms with Crippen molar-refractivity contribution in [1.29, 1.82) is 0 Å². The zero-order valence-electron chi connectivity index (χ0n) is 45.9. The van der Waals surface area contributed by atoms with Gasteiger partial charge in [-0.2, -0.15) is 0 Å². The molecule has 1 atom stereocenters. The fourth-order valence-electron chi connectivity index (χ4n) is 7.70. The number of carbonyl (C=O) groups excluding carboxylic acids is 3. The van der Waals surface area contributed by atoms with E-state index < -0.39 is 12.1 Å². The van der Waals surface area contributed by atoms with Gasteiger partial charge in [0.05, 0.1) is 6.42 Å². The minimum atomic E-state index is -0.864. The highest BCUT2D eigenvalue weighted by Crippen LogP contribution is 2.15. The highest BCUT2D eigenvalue weighted by Gasteiger charge is 2.19. The van der Waals surface area contributed by atoms with E-state index in [-0.39, 0.29) is 38.0 Å². The van der Waals surface area contributed by atoms with Crippen molar-refractivity contribution in [2.75, 3.05) is 13.2 Å². The van der Waals surface area contributed by atoms with Gasteiger partial charge in [-0.15, -0.1) is 0 Å². The molecule has 0 radical (unpaired) electrons. The van der Waals surface area contributed by atoms with E-state index in [9.17, 15) is 14.4 Å². The van der Waals surface area contributed by atoms with Gasteiger partial charge >= 0.3 is 17.9 Å². The summed E-state index contributed by atoms with van der Waals surface area (Å²) in [5, 5.41) is 0. The monoisotopic (exact) mass is 983 g/mol. The van der Waals surface area contributed by atoms with Crippen LogP contribution in [0.3, 0.4) is 0 Å². The van der Waals surface area contributed by atoms with Gasteiger partial charge in [0.15, 0.2) is 6.10 Å². The molecule has 0 fully saturated rings. The fraction of sp³-hybridized carbons (Fsp3) is 0.646. The Kier molecular flexibility index (Phi) is 54.9. The molecule has 1 unspecified atom stereocenters. The van der Waals surface area contributed by atoms with Crippen molar-refractivity contribution in [3.05, 3.63) is 122 Å². The van der Waals surface area contributed by atoms with E-state index >= 15 is 0 Å². The molecule has 0 amide bonds. The van der Waals surface area contributed by atoms with Crippen molar-refractivity contribution in [3.8, 4) is 0 Å². The second-order valence-corrected chi connectivity index (χ2v) is 18.8. The van der Waals surface area contributed by atoms with Gasteiger partial charge in [-0.05, 0) is 96.3 Å². The van der Waals surface area contributed by atoms with Crippen LogP contribution in [0.15, 0.2) is 122 Å². The molecule has 402 valence electrons. The Morgan fingerprint density at radius 3 is 1.01 bits per heavy atom. The normalized spacial score (nSPS) is 13.0. The molecule has 0 aromatic rings. The zero-order chi connectivity index (χ0) is 51.4. The van der Waals surface area contributed by atoms with Gasteiger partial charge in [0.2, 0.25) is 0 Å². The van der Waals surface area contributed by atoms with E-state index in [1.165, 1.54) is 128 Å². The average Bonchev–Trinajstić information content (AvgIpc) is 3.37. The Morgan fingerprint density at radius 1 is 0.310 bits per heavy atom. The Morgan fingerprint density at radius 2 is 0.620 bits per heavy atom. The van der Waals surface area contributed by atoms with E-state index in [1.54, 1.807) is 6.08 Å². The Hall–Kier alpha value is -4.19. The van der Waals surface area contributed by atoms with Crippen molar-refractivity contribution in [2.24, 2.45) is 0 Å². The van der Waals surface area contributed by atoms with Gasteiger partial charge in [0, 0.05) is 12.8 Å². The molecule has 0 aliphatic heterocycles. The molecule has 0 spiro atoms. The molecule has 71 heavy (non-hydrogen) atoms. The van der Waals surface area contributed by atoms with Gasteiger partial charge in [0.25, 0.3) is 0 Å². The number of rotatable bonds is 51. The Bertz CT molecular complexity index is 1500. The number of ether oxygens (including phenoxy) is 3. The third kappa shape index (κ3) is 56.6. The maximum absolute atomic E-state index is 12.8. The standard InChI is InChI=1S/C65H106O6/c1-4-7-10-13-16-19-22-25-27-28-29-30-31-32-33-34-35-36-38-40-43-46-49-52-55-58-64(67)70-61-62(60-69-63(66)57-54-51-48-45-42-39-24-21-18-15-12-9-6-3)71-65(68)59-56-53-50-47-44-41-37-26-23-20-17-14-11-8-5-2/h8-9,11-12,17-18,20-21,26,28-29,37,39,42,44,47-48,51,53,56,62H,4-7,10,13-16,19,22-25,27,30-36,38,40-41,43,45-46,49-50,52,54-55,57-61H2,1-3H3/b11-8-,12-9-,20-17-,21-18-,29-28-,37-26-,42-39-,47-44-,51-48-,56-53-. The molecule has 0 aromatic heterocycles. The smallest absolute Gasteiger partial charge is 0.310 e. The first-order chi connectivity index (χ1) is 35.0. The highest BCUT2D eigenvalue weighted by molar-refractivity contribution is 5.72. The predicted molar refractivity (Wildman–Crippen MR) is 306 cm³/mol. The molecule has 6 nitrogen and oxygen atoms in total. The second kappa shape index (κ2) is 58.4. The molecule has 0 bridgehead atoms. The average molecular weight is 984 g/mol. The first-order valence-electron chi connectivity index (χ1n) is 29.0. The Labute approximate surface area is 437 Å². The van der Waals surface area contributed by atoms with Gasteiger partial charge in [0.1, 0.15) is 13.2 Å². The fourth-order valence-corrected chi connectivity index (χ4v) is 7.70. The maximum Gasteiger partial charge on any atom is 0.310 e. The summed E-state index contributed by atoms with van der Waals surface area (Å²) in [6.45, 7) is 6.26. The second-order valence-electron chi connectivity index (χ2n) is 18.8.